The van der Waals surface area contributed by atoms with E-state index in [1.807, 2.05) is 0 Å². The van der Waals surface area contributed by atoms with E-state index in [0.29, 0.717) is 36.2 Å². The molecule has 0 saturated carbocycles. The number of pyridine rings is 1. The van der Waals surface area contributed by atoms with Gasteiger partial charge in [-0.2, -0.15) is 0 Å². The van der Waals surface area contributed by atoms with Crippen LogP contribution in [0.15, 0.2) is 18.5 Å². The number of amides is 1. The third-order valence-electron chi connectivity index (χ3n) is 2.21. The van der Waals surface area contributed by atoms with Crippen molar-refractivity contribution in [3.05, 3.63) is 29.0 Å². The maximum absolute atomic E-state index is 12.2. The van der Waals surface area contributed by atoms with Crippen molar-refractivity contribution in [3.63, 3.8) is 0 Å². The second-order valence-corrected chi connectivity index (χ2v) is 4.11. The molecule has 0 fully saturated rings. The molecule has 0 radical (unpaired) electrons. The fourth-order valence-corrected chi connectivity index (χ4v) is 1.74. The Morgan fingerprint density at radius 2 is 2.29 bits per heavy atom. The van der Waals surface area contributed by atoms with Gasteiger partial charge in [-0.15, -0.1) is 11.6 Å². The Morgan fingerprint density at radius 1 is 1.53 bits per heavy atom. The number of hydrogen-bond acceptors (Lipinski definition) is 3. The number of nitrogens with zero attached hydrogens (tertiary/aromatic N) is 2. The van der Waals surface area contributed by atoms with Gasteiger partial charge >= 0.3 is 0 Å². The van der Waals surface area contributed by atoms with Crippen LogP contribution < -0.4 is 0 Å². The van der Waals surface area contributed by atoms with Gasteiger partial charge in [0.05, 0.1) is 17.2 Å². The van der Waals surface area contributed by atoms with Crippen molar-refractivity contribution in [2.75, 3.05) is 32.7 Å². The van der Waals surface area contributed by atoms with Crippen LogP contribution in [0.2, 0.25) is 5.02 Å². The third kappa shape index (κ3) is 4.15. The molecule has 0 bridgehead atoms. The molecule has 4 nitrogen and oxygen atoms in total. The average molecular weight is 277 g/mol. The minimum Gasteiger partial charge on any atom is -0.383 e. The van der Waals surface area contributed by atoms with Crippen LogP contribution in [0.5, 0.6) is 0 Å². The summed E-state index contributed by atoms with van der Waals surface area (Å²) in [5, 5.41) is 0.342. The Bertz CT molecular complexity index is 374. The van der Waals surface area contributed by atoms with Crippen molar-refractivity contribution in [3.8, 4) is 0 Å². The van der Waals surface area contributed by atoms with Gasteiger partial charge in [-0.25, -0.2) is 0 Å². The van der Waals surface area contributed by atoms with E-state index in [-0.39, 0.29) is 5.91 Å². The number of aromatic nitrogens is 1. The van der Waals surface area contributed by atoms with Crippen LogP contribution in [0.4, 0.5) is 0 Å². The summed E-state index contributed by atoms with van der Waals surface area (Å²) >= 11 is 11.6. The van der Waals surface area contributed by atoms with Crippen molar-refractivity contribution >= 4 is 29.1 Å². The van der Waals surface area contributed by atoms with Gasteiger partial charge in [-0.1, -0.05) is 11.6 Å². The second-order valence-electron chi connectivity index (χ2n) is 3.33. The van der Waals surface area contributed by atoms with Crippen molar-refractivity contribution < 1.29 is 9.53 Å². The van der Waals surface area contributed by atoms with Crippen LogP contribution in [-0.4, -0.2) is 48.5 Å². The number of methoxy groups -OCH3 is 1. The van der Waals surface area contributed by atoms with Gasteiger partial charge in [0.25, 0.3) is 5.91 Å². The number of hydrogen-bond donors (Lipinski definition) is 0. The molecule has 1 aromatic rings. The lowest BCUT2D eigenvalue weighted by atomic mass is 10.2. The topological polar surface area (TPSA) is 42.4 Å². The van der Waals surface area contributed by atoms with Gasteiger partial charge in [0, 0.05) is 38.5 Å². The predicted octanol–water partition coefficient (Wildman–Crippen LogP) is 2.06. The van der Waals surface area contributed by atoms with Gasteiger partial charge in [0.1, 0.15) is 0 Å². The highest BCUT2D eigenvalue weighted by Crippen LogP contribution is 2.15. The summed E-state index contributed by atoms with van der Waals surface area (Å²) in [5.41, 5.74) is 0.433. The summed E-state index contributed by atoms with van der Waals surface area (Å²) in [6.45, 7) is 1.41. The number of halogens is 2. The van der Waals surface area contributed by atoms with Gasteiger partial charge in [-0.05, 0) is 6.07 Å². The molecule has 0 saturated heterocycles. The summed E-state index contributed by atoms with van der Waals surface area (Å²) in [6, 6.07) is 1.60. The number of rotatable bonds is 6. The van der Waals surface area contributed by atoms with E-state index < -0.39 is 0 Å². The van der Waals surface area contributed by atoms with Crippen molar-refractivity contribution in [1.82, 2.24) is 9.88 Å². The number of carbonyl (C=O) groups is 1. The monoisotopic (exact) mass is 276 g/mol. The normalized spacial score (nSPS) is 10.3. The molecule has 0 aliphatic heterocycles. The quantitative estimate of drug-likeness (QED) is 0.747. The van der Waals surface area contributed by atoms with E-state index in [9.17, 15) is 4.79 Å². The molecule has 1 rings (SSSR count). The lowest BCUT2D eigenvalue weighted by molar-refractivity contribution is 0.0708. The second kappa shape index (κ2) is 7.48. The highest BCUT2D eigenvalue weighted by Gasteiger charge is 2.17. The molecule has 0 aliphatic rings. The van der Waals surface area contributed by atoms with Crippen molar-refractivity contribution in [2.45, 2.75) is 0 Å². The predicted molar refractivity (Wildman–Crippen MR) is 67.7 cm³/mol. The molecule has 6 heteroatoms. The molecule has 0 spiro atoms. The Morgan fingerprint density at radius 3 is 2.88 bits per heavy atom. The Hall–Kier alpha value is -0.840. The molecule has 0 N–H and O–H groups in total. The molecule has 0 aromatic carbocycles. The van der Waals surface area contributed by atoms with E-state index in [1.165, 1.54) is 12.4 Å². The van der Waals surface area contributed by atoms with Crippen molar-refractivity contribution in [1.29, 1.82) is 0 Å². The van der Waals surface area contributed by atoms with Crippen LogP contribution in [0, 0.1) is 0 Å². The van der Waals surface area contributed by atoms with Crippen LogP contribution >= 0.6 is 23.2 Å². The van der Waals surface area contributed by atoms with E-state index in [4.69, 9.17) is 27.9 Å². The molecule has 0 aliphatic carbocycles. The largest absolute Gasteiger partial charge is 0.383 e. The highest BCUT2D eigenvalue weighted by molar-refractivity contribution is 6.33. The standard InChI is InChI=1S/C11H14Cl2N2O2/c1-17-7-6-15(5-3-12)11(16)9-2-4-14-8-10(9)13/h2,4,8H,3,5-7H2,1H3. The van der Waals surface area contributed by atoms with Crippen LogP contribution in [0.25, 0.3) is 0 Å². The zero-order valence-corrected chi connectivity index (χ0v) is 11.0. The number of ether oxygens (including phenoxy) is 1. The number of carbonyl (C=O) groups excluding carboxylic acids is 1. The molecule has 1 heterocycles. The lowest BCUT2D eigenvalue weighted by Gasteiger charge is -2.21. The van der Waals surface area contributed by atoms with E-state index in [0.717, 1.165) is 0 Å². The molecule has 94 valence electrons. The maximum Gasteiger partial charge on any atom is 0.255 e. The minimum absolute atomic E-state index is 0.157. The van der Waals surface area contributed by atoms with E-state index >= 15 is 0 Å². The van der Waals surface area contributed by atoms with Gasteiger partial charge in [0.2, 0.25) is 0 Å². The smallest absolute Gasteiger partial charge is 0.255 e. The molecule has 0 unspecified atom stereocenters. The zero-order chi connectivity index (χ0) is 12.7. The summed E-state index contributed by atoms with van der Waals surface area (Å²) in [6.07, 6.45) is 2.98. The SMILES string of the molecule is COCCN(CCCl)C(=O)c1ccncc1Cl. The van der Waals surface area contributed by atoms with Gasteiger partial charge in [-0.3, -0.25) is 9.78 Å². The minimum atomic E-state index is -0.157. The fourth-order valence-electron chi connectivity index (χ4n) is 1.34. The van der Waals surface area contributed by atoms with Crippen molar-refractivity contribution in [2.24, 2.45) is 0 Å². The first-order valence-corrected chi connectivity index (χ1v) is 6.05. The summed E-state index contributed by atoms with van der Waals surface area (Å²) < 4.78 is 4.95. The van der Waals surface area contributed by atoms with Crippen LogP contribution in [-0.2, 0) is 4.74 Å². The Labute approximate surface area is 110 Å². The van der Waals surface area contributed by atoms with Crippen LogP contribution in [0.1, 0.15) is 10.4 Å². The fraction of sp³-hybridized carbons (Fsp3) is 0.455. The number of alkyl halides is 1. The summed E-state index contributed by atoms with van der Waals surface area (Å²) in [5.74, 6) is 0.216. The van der Waals surface area contributed by atoms with Crippen LogP contribution in [0.3, 0.4) is 0 Å². The third-order valence-corrected chi connectivity index (χ3v) is 2.68. The first kappa shape index (κ1) is 14.2. The van der Waals surface area contributed by atoms with E-state index in [1.54, 1.807) is 18.1 Å². The molecular weight excluding hydrogens is 263 g/mol. The van der Waals surface area contributed by atoms with Gasteiger partial charge < -0.3 is 9.64 Å². The van der Waals surface area contributed by atoms with Gasteiger partial charge in [0.15, 0.2) is 0 Å². The maximum atomic E-state index is 12.2. The molecule has 1 aromatic heterocycles. The Kier molecular flexibility index (Phi) is 6.26. The Balaban J connectivity index is 2.80. The molecule has 17 heavy (non-hydrogen) atoms. The summed E-state index contributed by atoms with van der Waals surface area (Å²) in [7, 11) is 1.59. The molecular formula is C11H14Cl2N2O2. The zero-order valence-electron chi connectivity index (χ0n) is 9.53. The molecule has 0 atom stereocenters. The lowest BCUT2D eigenvalue weighted by Crippen LogP contribution is -2.35. The first-order valence-electron chi connectivity index (χ1n) is 5.14. The average Bonchev–Trinajstić information content (AvgIpc) is 2.34. The first-order chi connectivity index (χ1) is 8.20. The molecule has 1 amide bonds. The van der Waals surface area contributed by atoms with E-state index in [2.05, 4.69) is 4.98 Å². The summed E-state index contributed by atoms with van der Waals surface area (Å²) in [4.78, 5) is 17.6. The highest BCUT2D eigenvalue weighted by atomic mass is 35.5.